The number of nitrogens with zero attached hydrogens (tertiary/aromatic N) is 4. The van der Waals surface area contributed by atoms with E-state index in [1.807, 2.05) is 12.1 Å². The molecule has 4 heteroatoms. The maximum absolute atomic E-state index is 9.79. The zero-order valence-corrected chi connectivity index (χ0v) is 31.9. The second-order valence-electron chi connectivity index (χ2n) is 16.2. The first-order valence-electron chi connectivity index (χ1n) is 20.8. The van der Waals surface area contributed by atoms with Crippen molar-refractivity contribution in [3.8, 4) is 12.1 Å². The highest BCUT2D eigenvalue weighted by Crippen LogP contribution is 2.52. The van der Waals surface area contributed by atoms with E-state index in [4.69, 9.17) is 0 Å². The van der Waals surface area contributed by atoms with Gasteiger partial charge in [-0.25, -0.2) is 0 Å². The number of anilines is 4. The molecule has 4 aliphatic carbocycles. The molecule has 1 atom stereocenters. The standard InChI is InChI=1S/C52H46N4/c53-33-35-19-23-41(24-20-35)55(39-15-3-1-4-16-39)49-31-47(37-11-7-8-12-37)43-28-30-46-50(56(40-17-5-2-6-18-40)42-25-21-36(34-54)22-26-42)32-48(38-13-9-10-14-38)44-27-29-45(49)51(43)52(44)46/h1,3-5,15-21,23-32,36-38H,2,6-14,22H2. The Bertz CT molecular complexity index is 2650. The molecule has 6 aromatic rings. The third kappa shape index (κ3) is 5.88. The van der Waals surface area contributed by atoms with E-state index in [1.54, 1.807) is 0 Å². The van der Waals surface area contributed by atoms with Crippen LogP contribution in [0.25, 0.3) is 32.3 Å². The summed E-state index contributed by atoms with van der Waals surface area (Å²) >= 11 is 0. The number of rotatable bonds is 8. The van der Waals surface area contributed by atoms with Crippen LogP contribution < -0.4 is 9.80 Å². The van der Waals surface area contributed by atoms with Crippen LogP contribution in [0.15, 0.2) is 139 Å². The lowest BCUT2D eigenvalue weighted by molar-refractivity contribution is 0.729. The number of hydrogen-bond donors (Lipinski definition) is 0. The van der Waals surface area contributed by atoms with Crippen molar-refractivity contribution in [2.24, 2.45) is 5.92 Å². The first-order valence-corrected chi connectivity index (χ1v) is 20.8. The van der Waals surface area contributed by atoms with Crippen LogP contribution in [-0.2, 0) is 0 Å². The SMILES string of the molecule is N#Cc1ccc(N(c2ccccc2)c2cc(C3CCCC3)c3ccc4c(N(C5=CCCC=C5)C5=CCC(C#N)C=C5)cc(C5CCCC5)c5ccc2c3c54)cc1. The summed E-state index contributed by atoms with van der Waals surface area (Å²) in [6.07, 6.45) is 26.3. The first kappa shape index (κ1) is 34.4. The summed E-state index contributed by atoms with van der Waals surface area (Å²) in [5.74, 6) is 0.927. The summed E-state index contributed by atoms with van der Waals surface area (Å²) in [7, 11) is 0. The molecular formula is C52H46N4. The average molecular weight is 727 g/mol. The van der Waals surface area contributed by atoms with Gasteiger partial charge in [0.15, 0.2) is 0 Å². The highest BCUT2D eigenvalue weighted by Gasteiger charge is 2.30. The molecule has 0 bridgehead atoms. The van der Waals surface area contributed by atoms with Crippen molar-refractivity contribution >= 4 is 55.1 Å². The summed E-state index contributed by atoms with van der Waals surface area (Å²) in [5, 5.41) is 27.5. The van der Waals surface area contributed by atoms with Gasteiger partial charge in [0, 0.05) is 33.5 Å². The minimum absolute atomic E-state index is 0.0945. The second-order valence-corrected chi connectivity index (χ2v) is 16.2. The van der Waals surface area contributed by atoms with Gasteiger partial charge in [0.25, 0.3) is 0 Å². The van der Waals surface area contributed by atoms with Crippen molar-refractivity contribution in [1.29, 1.82) is 10.5 Å². The van der Waals surface area contributed by atoms with Crippen molar-refractivity contribution in [1.82, 2.24) is 0 Å². The Labute approximate surface area is 330 Å². The summed E-state index contributed by atoms with van der Waals surface area (Å²) in [5.41, 5.74) is 10.5. The molecule has 0 heterocycles. The molecule has 0 radical (unpaired) electrons. The molecule has 6 aromatic carbocycles. The van der Waals surface area contributed by atoms with Gasteiger partial charge in [-0.1, -0.05) is 92.5 Å². The van der Waals surface area contributed by atoms with E-state index in [9.17, 15) is 10.5 Å². The fraction of sp³-hybridized carbons (Fsp3) is 0.269. The normalized spacial score (nSPS) is 18.7. The van der Waals surface area contributed by atoms with Crippen molar-refractivity contribution < 1.29 is 0 Å². The maximum Gasteiger partial charge on any atom is 0.0991 e. The predicted molar refractivity (Wildman–Crippen MR) is 232 cm³/mol. The molecular weight excluding hydrogens is 681 g/mol. The number of benzene rings is 6. The van der Waals surface area contributed by atoms with Crippen LogP contribution >= 0.6 is 0 Å². The molecule has 2 fully saturated rings. The smallest absolute Gasteiger partial charge is 0.0991 e. The zero-order valence-electron chi connectivity index (χ0n) is 31.9. The van der Waals surface area contributed by atoms with Gasteiger partial charge in [0.1, 0.15) is 0 Å². The van der Waals surface area contributed by atoms with Crippen LogP contribution in [0.4, 0.5) is 22.7 Å². The summed E-state index contributed by atoms with van der Waals surface area (Å²) in [6.45, 7) is 0. The van der Waals surface area contributed by atoms with Crippen LogP contribution in [0.5, 0.6) is 0 Å². The summed E-state index contributed by atoms with van der Waals surface area (Å²) in [4.78, 5) is 4.91. The van der Waals surface area contributed by atoms with E-state index < -0.39 is 0 Å². The maximum atomic E-state index is 9.79. The number of para-hydroxylation sites is 1. The fourth-order valence-electron chi connectivity index (χ4n) is 10.3. The molecule has 4 nitrogen and oxygen atoms in total. The van der Waals surface area contributed by atoms with Crippen LogP contribution in [-0.4, -0.2) is 0 Å². The van der Waals surface area contributed by atoms with Crippen LogP contribution in [0.3, 0.4) is 0 Å². The van der Waals surface area contributed by atoms with Gasteiger partial charge < -0.3 is 9.80 Å². The van der Waals surface area contributed by atoms with Crippen LogP contribution in [0, 0.1) is 28.6 Å². The fourth-order valence-corrected chi connectivity index (χ4v) is 10.3. The van der Waals surface area contributed by atoms with E-state index in [-0.39, 0.29) is 5.92 Å². The molecule has 0 aromatic heterocycles. The van der Waals surface area contributed by atoms with Gasteiger partial charge in [0.05, 0.1) is 35.0 Å². The Morgan fingerprint density at radius 1 is 0.554 bits per heavy atom. The minimum atomic E-state index is -0.0945. The molecule has 274 valence electrons. The number of allylic oxidation sites excluding steroid dienone is 6. The summed E-state index contributed by atoms with van der Waals surface area (Å²) in [6, 6.07) is 38.4. The summed E-state index contributed by atoms with van der Waals surface area (Å²) < 4.78 is 0. The third-order valence-corrected chi connectivity index (χ3v) is 13.0. The van der Waals surface area contributed by atoms with Gasteiger partial charge in [-0.15, -0.1) is 0 Å². The molecule has 0 amide bonds. The van der Waals surface area contributed by atoms with Crippen molar-refractivity contribution in [2.45, 2.75) is 82.5 Å². The third-order valence-electron chi connectivity index (χ3n) is 13.0. The Kier molecular flexibility index (Phi) is 8.92. The van der Waals surface area contributed by atoms with Crippen LogP contribution in [0.1, 0.15) is 99.2 Å². The minimum Gasteiger partial charge on any atom is -0.311 e. The van der Waals surface area contributed by atoms with Gasteiger partial charge in [-0.3, -0.25) is 0 Å². The van der Waals surface area contributed by atoms with Crippen molar-refractivity contribution in [3.63, 3.8) is 0 Å². The van der Waals surface area contributed by atoms with Gasteiger partial charge >= 0.3 is 0 Å². The Balaban J connectivity index is 1.31. The molecule has 10 rings (SSSR count). The Hall–Kier alpha value is -6.10. The second kappa shape index (κ2) is 14.5. The lowest BCUT2D eigenvalue weighted by Gasteiger charge is -2.33. The molecule has 0 aliphatic heterocycles. The van der Waals surface area contributed by atoms with E-state index in [0.29, 0.717) is 17.4 Å². The number of hydrogen-bond acceptors (Lipinski definition) is 4. The van der Waals surface area contributed by atoms with Crippen LogP contribution in [0.2, 0.25) is 0 Å². The van der Waals surface area contributed by atoms with E-state index in [2.05, 4.69) is 137 Å². The molecule has 0 N–H and O–H groups in total. The van der Waals surface area contributed by atoms with Gasteiger partial charge in [-0.05, 0) is 150 Å². The lowest BCUT2D eigenvalue weighted by Crippen LogP contribution is -2.23. The lowest BCUT2D eigenvalue weighted by atomic mass is 9.82. The monoisotopic (exact) mass is 726 g/mol. The molecule has 56 heavy (non-hydrogen) atoms. The van der Waals surface area contributed by atoms with Gasteiger partial charge in [-0.2, -0.15) is 10.5 Å². The van der Waals surface area contributed by atoms with Crippen molar-refractivity contribution in [2.75, 3.05) is 9.80 Å². The largest absolute Gasteiger partial charge is 0.311 e. The van der Waals surface area contributed by atoms with Gasteiger partial charge in [0.2, 0.25) is 0 Å². The van der Waals surface area contributed by atoms with Crippen molar-refractivity contribution in [3.05, 3.63) is 156 Å². The quantitative estimate of drug-likeness (QED) is 0.147. The molecule has 2 saturated carbocycles. The molecule has 4 aliphatic rings. The highest BCUT2D eigenvalue weighted by atomic mass is 15.2. The average Bonchev–Trinajstić information content (AvgIpc) is 4.01. The van der Waals surface area contributed by atoms with E-state index in [1.165, 1.54) is 112 Å². The molecule has 0 saturated heterocycles. The Morgan fingerprint density at radius 3 is 1.66 bits per heavy atom. The predicted octanol–water partition coefficient (Wildman–Crippen LogP) is 14.3. The van der Waals surface area contributed by atoms with E-state index in [0.717, 1.165) is 36.3 Å². The Morgan fingerprint density at radius 2 is 1.12 bits per heavy atom. The molecule has 1 unspecified atom stereocenters. The van der Waals surface area contributed by atoms with E-state index >= 15 is 0 Å². The highest BCUT2D eigenvalue weighted by molar-refractivity contribution is 6.29. The molecule has 0 spiro atoms. The zero-order chi connectivity index (χ0) is 37.6. The first-order chi connectivity index (χ1) is 27.7. The topological polar surface area (TPSA) is 54.1 Å². The number of nitriles is 2.